The number of fused-ring (bicyclic) bond motifs is 1. The minimum atomic E-state index is 0.0202. The standard InChI is InChI=1S/C10H14O2/c1-6-3-4-8-9(7(6)2)5-12-10(8)11/h8-9H,3-5H2,1-2H3/t8-,9+/m1/s1. The second-order valence-corrected chi connectivity index (χ2v) is 3.85. The van der Waals surface area contributed by atoms with Gasteiger partial charge in [-0.2, -0.15) is 0 Å². The summed E-state index contributed by atoms with van der Waals surface area (Å²) in [6.45, 7) is 4.91. The Morgan fingerprint density at radius 2 is 2.08 bits per heavy atom. The van der Waals surface area contributed by atoms with Crippen LogP contribution in [0.1, 0.15) is 26.7 Å². The molecule has 2 nitrogen and oxygen atoms in total. The van der Waals surface area contributed by atoms with Crippen LogP contribution < -0.4 is 0 Å². The van der Waals surface area contributed by atoms with Crippen LogP contribution in [0.2, 0.25) is 0 Å². The van der Waals surface area contributed by atoms with Crippen molar-refractivity contribution in [3.8, 4) is 0 Å². The van der Waals surface area contributed by atoms with Gasteiger partial charge in [0.15, 0.2) is 0 Å². The van der Waals surface area contributed by atoms with E-state index in [0.29, 0.717) is 12.5 Å². The van der Waals surface area contributed by atoms with Crippen LogP contribution in [0, 0.1) is 11.8 Å². The van der Waals surface area contributed by atoms with Gasteiger partial charge in [-0.3, -0.25) is 4.79 Å². The van der Waals surface area contributed by atoms with Crippen LogP contribution in [0.25, 0.3) is 0 Å². The summed E-state index contributed by atoms with van der Waals surface area (Å²) in [5, 5.41) is 0. The lowest BCUT2D eigenvalue weighted by Gasteiger charge is -2.23. The third-order valence-electron chi connectivity index (χ3n) is 3.25. The minimum absolute atomic E-state index is 0.0202. The summed E-state index contributed by atoms with van der Waals surface area (Å²) in [5.41, 5.74) is 2.84. The van der Waals surface area contributed by atoms with Crippen molar-refractivity contribution >= 4 is 5.97 Å². The number of carbonyl (C=O) groups is 1. The first kappa shape index (κ1) is 7.84. The van der Waals surface area contributed by atoms with Crippen molar-refractivity contribution in [2.75, 3.05) is 6.61 Å². The van der Waals surface area contributed by atoms with E-state index in [9.17, 15) is 4.79 Å². The van der Waals surface area contributed by atoms with Gasteiger partial charge in [-0.25, -0.2) is 0 Å². The molecular weight excluding hydrogens is 152 g/mol. The highest BCUT2D eigenvalue weighted by molar-refractivity contribution is 5.75. The van der Waals surface area contributed by atoms with Gasteiger partial charge >= 0.3 is 5.97 Å². The van der Waals surface area contributed by atoms with Crippen molar-refractivity contribution in [3.05, 3.63) is 11.1 Å². The van der Waals surface area contributed by atoms with Crippen molar-refractivity contribution in [2.45, 2.75) is 26.7 Å². The number of hydrogen-bond donors (Lipinski definition) is 0. The van der Waals surface area contributed by atoms with E-state index in [-0.39, 0.29) is 11.9 Å². The van der Waals surface area contributed by atoms with Gasteiger partial charge in [-0.05, 0) is 26.7 Å². The molecule has 1 saturated heterocycles. The molecule has 2 aliphatic rings. The lowest BCUT2D eigenvalue weighted by molar-refractivity contribution is -0.141. The molecule has 0 bridgehead atoms. The van der Waals surface area contributed by atoms with Crippen molar-refractivity contribution in [1.82, 2.24) is 0 Å². The molecular formula is C10H14O2. The summed E-state index contributed by atoms with van der Waals surface area (Å²) in [6.07, 6.45) is 2.06. The minimum Gasteiger partial charge on any atom is -0.465 e. The van der Waals surface area contributed by atoms with Gasteiger partial charge in [0.25, 0.3) is 0 Å². The molecule has 1 aliphatic carbocycles. The molecule has 2 rings (SSSR count). The smallest absolute Gasteiger partial charge is 0.309 e. The Morgan fingerprint density at radius 3 is 2.83 bits per heavy atom. The fourth-order valence-electron chi connectivity index (χ4n) is 2.19. The van der Waals surface area contributed by atoms with Crippen LogP contribution in [-0.2, 0) is 9.53 Å². The van der Waals surface area contributed by atoms with Crippen LogP contribution in [0.15, 0.2) is 11.1 Å². The lowest BCUT2D eigenvalue weighted by atomic mass is 9.78. The predicted octanol–water partition coefficient (Wildman–Crippen LogP) is 1.91. The number of allylic oxidation sites excluding steroid dienone is 1. The van der Waals surface area contributed by atoms with Crippen LogP contribution in [0.3, 0.4) is 0 Å². The average molecular weight is 166 g/mol. The first-order chi connectivity index (χ1) is 5.70. The second kappa shape index (κ2) is 2.61. The highest BCUT2D eigenvalue weighted by Gasteiger charge is 2.39. The Morgan fingerprint density at radius 1 is 1.33 bits per heavy atom. The van der Waals surface area contributed by atoms with E-state index in [1.165, 1.54) is 11.1 Å². The molecule has 2 atom stereocenters. The van der Waals surface area contributed by atoms with Crippen LogP contribution in [-0.4, -0.2) is 12.6 Å². The first-order valence-corrected chi connectivity index (χ1v) is 4.53. The van der Waals surface area contributed by atoms with E-state index in [0.717, 1.165) is 12.8 Å². The number of rotatable bonds is 0. The molecule has 0 spiro atoms. The summed E-state index contributed by atoms with van der Waals surface area (Å²) >= 11 is 0. The Kier molecular flexibility index (Phi) is 1.71. The number of esters is 1. The Bertz CT molecular complexity index is 253. The molecule has 1 heterocycles. The van der Waals surface area contributed by atoms with Gasteiger partial charge in [0, 0.05) is 5.92 Å². The van der Waals surface area contributed by atoms with Crippen LogP contribution in [0.5, 0.6) is 0 Å². The third-order valence-corrected chi connectivity index (χ3v) is 3.25. The van der Waals surface area contributed by atoms with Crippen molar-refractivity contribution in [1.29, 1.82) is 0 Å². The van der Waals surface area contributed by atoms with E-state index in [2.05, 4.69) is 13.8 Å². The van der Waals surface area contributed by atoms with Gasteiger partial charge in [0.1, 0.15) is 0 Å². The topological polar surface area (TPSA) is 26.3 Å². The molecule has 0 aromatic heterocycles. The normalized spacial score (nSPS) is 35.0. The van der Waals surface area contributed by atoms with Crippen molar-refractivity contribution in [3.63, 3.8) is 0 Å². The van der Waals surface area contributed by atoms with Gasteiger partial charge < -0.3 is 4.74 Å². The van der Waals surface area contributed by atoms with E-state index in [4.69, 9.17) is 4.74 Å². The fraction of sp³-hybridized carbons (Fsp3) is 0.700. The molecule has 1 aliphatic heterocycles. The van der Waals surface area contributed by atoms with Gasteiger partial charge in [0.05, 0.1) is 12.5 Å². The molecule has 0 aromatic carbocycles. The highest BCUT2D eigenvalue weighted by Crippen LogP contribution is 2.38. The van der Waals surface area contributed by atoms with Crippen molar-refractivity contribution in [2.24, 2.45) is 11.8 Å². The molecule has 1 fully saturated rings. The molecule has 0 radical (unpaired) electrons. The van der Waals surface area contributed by atoms with E-state index < -0.39 is 0 Å². The third kappa shape index (κ3) is 0.977. The predicted molar refractivity (Wildman–Crippen MR) is 45.5 cm³/mol. The monoisotopic (exact) mass is 166 g/mol. The molecule has 12 heavy (non-hydrogen) atoms. The Balaban J connectivity index is 2.29. The molecule has 0 unspecified atom stereocenters. The van der Waals surface area contributed by atoms with E-state index in [1.807, 2.05) is 0 Å². The molecule has 0 aromatic rings. The summed E-state index contributed by atoms with van der Waals surface area (Å²) in [5.74, 6) is 0.590. The van der Waals surface area contributed by atoms with Gasteiger partial charge in [0.2, 0.25) is 0 Å². The number of carbonyl (C=O) groups excluding carboxylic acids is 1. The fourth-order valence-corrected chi connectivity index (χ4v) is 2.19. The summed E-state index contributed by atoms with van der Waals surface area (Å²) < 4.78 is 5.05. The molecule has 2 heteroatoms. The van der Waals surface area contributed by atoms with Crippen LogP contribution >= 0.6 is 0 Å². The van der Waals surface area contributed by atoms with Gasteiger partial charge in [-0.1, -0.05) is 11.1 Å². The lowest BCUT2D eigenvalue weighted by Crippen LogP contribution is -2.21. The number of cyclic esters (lactones) is 1. The maximum absolute atomic E-state index is 11.2. The Hall–Kier alpha value is -0.790. The zero-order chi connectivity index (χ0) is 8.72. The first-order valence-electron chi connectivity index (χ1n) is 4.53. The largest absolute Gasteiger partial charge is 0.465 e. The second-order valence-electron chi connectivity index (χ2n) is 3.85. The molecule has 0 saturated carbocycles. The van der Waals surface area contributed by atoms with E-state index >= 15 is 0 Å². The molecule has 0 N–H and O–H groups in total. The summed E-state index contributed by atoms with van der Waals surface area (Å²) in [7, 11) is 0. The molecule has 66 valence electrons. The SMILES string of the molecule is CC1=C(C)[C@@H]2COC(=O)[C@@H]2CC1. The van der Waals surface area contributed by atoms with Gasteiger partial charge in [-0.15, -0.1) is 0 Å². The number of ether oxygens (including phenoxy) is 1. The zero-order valence-electron chi connectivity index (χ0n) is 7.59. The van der Waals surface area contributed by atoms with Crippen LogP contribution in [0.4, 0.5) is 0 Å². The maximum atomic E-state index is 11.2. The quantitative estimate of drug-likeness (QED) is 0.406. The summed E-state index contributed by atoms with van der Waals surface area (Å²) in [4.78, 5) is 11.2. The zero-order valence-corrected chi connectivity index (χ0v) is 7.59. The molecule has 0 amide bonds. The maximum Gasteiger partial charge on any atom is 0.309 e. The van der Waals surface area contributed by atoms with Crippen molar-refractivity contribution < 1.29 is 9.53 Å². The van der Waals surface area contributed by atoms with E-state index in [1.54, 1.807) is 0 Å². The highest BCUT2D eigenvalue weighted by atomic mass is 16.5. The Labute approximate surface area is 72.6 Å². The number of hydrogen-bond acceptors (Lipinski definition) is 2. The average Bonchev–Trinajstić information content (AvgIpc) is 2.41. The summed E-state index contributed by atoms with van der Waals surface area (Å²) in [6, 6.07) is 0.